The molecule has 0 unspecified atom stereocenters. The number of carbonyl (C=O) groups is 1. The molecular weight excluding hydrogens is 299 g/mol. The number of nitrogens with zero attached hydrogens (tertiary/aromatic N) is 1. The molecule has 1 aromatic carbocycles. The summed E-state index contributed by atoms with van der Waals surface area (Å²) in [6.45, 7) is 1.76. The molecule has 1 aromatic heterocycles. The molecule has 0 saturated carbocycles. The molecule has 92 valence electrons. The largest absolute Gasteiger partial charge is 0.306 e. The van der Waals surface area contributed by atoms with Crippen LogP contribution < -0.4 is 5.32 Å². The Labute approximate surface area is 112 Å². The third kappa shape index (κ3) is 2.92. The lowest BCUT2D eigenvalue weighted by atomic mass is 10.1. The van der Waals surface area contributed by atoms with Gasteiger partial charge in [-0.15, -0.1) is 0 Å². The highest BCUT2D eigenvalue weighted by molar-refractivity contribution is 9.10. The summed E-state index contributed by atoms with van der Waals surface area (Å²) in [5.41, 5.74) is 0.774. The van der Waals surface area contributed by atoms with Gasteiger partial charge in [0.05, 0.1) is 5.56 Å². The van der Waals surface area contributed by atoms with Crippen LogP contribution in [-0.4, -0.2) is 10.9 Å². The molecule has 0 aliphatic rings. The Hall–Kier alpha value is -1.75. The Bertz CT molecular complexity index is 584. The zero-order valence-corrected chi connectivity index (χ0v) is 11.2. The minimum absolute atomic E-state index is 0.00492. The van der Waals surface area contributed by atoms with Crippen LogP contribution in [0.3, 0.4) is 0 Å². The van der Waals surface area contributed by atoms with Crippen LogP contribution in [-0.2, 0) is 0 Å². The molecule has 2 aromatic rings. The molecule has 1 N–H and O–H groups in total. The van der Waals surface area contributed by atoms with E-state index in [1.54, 1.807) is 31.3 Å². The van der Waals surface area contributed by atoms with E-state index in [1.165, 1.54) is 12.1 Å². The number of aryl methyl sites for hydroxylation is 1. The molecule has 1 amide bonds. The summed E-state index contributed by atoms with van der Waals surface area (Å²) < 4.78 is 14.4. The van der Waals surface area contributed by atoms with Gasteiger partial charge < -0.3 is 5.32 Å². The summed E-state index contributed by atoms with van der Waals surface area (Å²) in [4.78, 5) is 15.8. The number of halogens is 2. The number of carbonyl (C=O) groups excluding carboxylic acids is 1. The lowest BCUT2D eigenvalue weighted by Crippen LogP contribution is -2.14. The number of anilines is 1. The standard InChI is InChI=1S/C13H10BrFN2O/c1-8-2-4-10(11(15)6-8)13(18)17-12-5-3-9(14)7-16-12/h2-7H,1H3,(H,16,17,18). The molecule has 3 nitrogen and oxygen atoms in total. The third-order valence-electron chi connectivity index (χ3n) is 2.34. The van der Waals surface area contributed by atoms with E-state index in [4.69, 9.17) is 0 Å². The molecule has 0 aliphatic carbocycles. The van der Waals surface area contributed by atoms with Gasteiger partial charge in [0.25, 0.3) is 5.91 Å². The van der Waals surface area contributed by atoms with Crippen LogP contribution in [0.5, 0.6) is 0 Å². The van der Waals surface area contributed by atoms with Gasteiger partial charge in [-0.2, -0.15) is 0 Å². The SMILES string of the molecule is Cc1ccc(C(=O)Nc2ccc(Br)cn2)c(F)c1. The lowest BCUT2D eigenvalue weighted by Gasteiger charge is -2.05. The first-order valence-corrected chi connectivity index (χ1v) is 6.04. The van der Waals surface area contributed by atoms with Gasteiger partial charge in [-0.1, -0.05) is 6.07 Å². The fraction of sp³-hybridized carbons (Fsp3) is 0.0769. The normalized spacial score (nSPS) is 10.2. The van der Waals surface area contributed by atoms with E-state index in [0.717, 1.165) is 10.0 Å². The smallest absolute Gasteiger partial charge is 0.259 e. The summed E-state index contributed by atoms with van der Waals surface area (Å²) in [7, 11) is 0. The number of aromatic nitrogens is 1. The number of nitrogens with one attached hydrogen (secondary N) is 1. The average molecular weight is 309 g/mol. The van der Waals surface area contributed by atoms with Crippen molar-refractivity contribution in [3.05, 3.63) is 57.9 Å². The maximum Gasteiger partial charge on any atom is 0.259 e. The van der Waals surface area contributed by atoms with Crippen LogP contribution in [0.1, 0.15) is 15.9 Å². The number of rotatable bonds is 2. The Balaban J connectivity index is 2.19. The molecule has 0 atom stereocenters. The van der Waals surface area contributed by atoms with Crippen LogP contribution in [0.2, 0.25) is 0 Å². The highest BCUT2D eigenvalue weighted by Crippen LogP contribution is 2.14. The van der Waals surface area contributed by atoms with Gasteiger partial charge in [0, 0.05) is 10.7 Å². The van der Waals surface area contributed by atoms with Gasteiger partial charge in [0.1, 0.15) is 11.6 Å². The third-order valence-corrected chi connectivity index (χ3v) is 2.81. The summed E-state index contributed by atoms with van der Waals surface area (Å²) in [5, 5.41) is 2.53. The molecule has 0 radical (unpaired) electrons. The van der Waals surface area contributed by atoms with Crippen molar-refractivity contribution in [1.82, 2.24) is 4.98 Å². The zero-order chi connectivity index (χ0) is 13.1. The van der Waals surface area contributed by atoms with Crippen molar-refractivity contribution in [2.24, 2.45) is 0 Å². The number of pyridine rings is 1. The van der Waals surface area contributed by atoms with E-state index in [-0.39, 0.29) is 5.56 Å². The van der Waals surface area contributed by atoms with E-state index < -0.39 is 11.7 Å². The first-order chi connectivity index (χ1) is 8.56. The monoisotopic (exact) mass is 308 g/mol. The number of benzene rings is 1. The van der Waals surface area contributed by atoms with E-state index >= 15 is 0 Å². The summed E-state index contributed by atoms with van der Waals surface area (Å²) >= 11 is 3.24. The van der Waals surface area contributed by atoms with Crippen LogP contribution >= 0.6 is 15.9 Å². The van der Waals surface area contributed by atoms with Gasteiger partial charge >= 0.3 is 0 Å². The highest BCUT2D eigenvalue weighted by Gasteiger charge is 2.12. The van der Waals surface area contributed by atoms with Gasteiger partial charge in [-0.3, -0.25) is 4.79 Å². The molecule has 0 saturated heterocycles. The van der Waals surface area contributed by atoms with Gasteiger partial charge in [-0.25, -0.2) is 9.37 Å². The first kappa shape index (κ1) is 12.7. The Morgan fingerprint density at radius 1 is 1.33 bits per heavy atom. The van der Waals surface area contributed by atoms with Crippen molar-refractivity contribution < 1.29 is 9.18 Å². The number of hydrogen-bond donors (Lipinski definition) is 1. The van der Waals surface area contributed by atoms with E-state index in [1.807, 2.05) is 0 Å². The second kappa shape index (κ2) is 5.27. The molecule has 0 fully saturated rings. The fourth-order valence-corrected chi connectivity index (χ4v) is 1.67. The van der Waals surface area contributed by atoms with E-state index in [9.17, 15) is 9.18 Å². The fourth-order valence-electron chi connectivity index (χ4n) is 1.44. The maximum absolute atomic E-state index is 13.6. The van der Waals surface area contributed by atoms with Crippen LogP contribution in [0.4, 0.5) is 10.2 Å². The second-order valence-corrected chi connectivity index (χ2v) is 4.71. The molecule has 18 heavy (non-hydrogen) atoms. The van der Waals surface area contributed by atoms with Crippen LogP contribution in [0.15, 0.2) is 41.0 Å². The van der Waals surface area contributed by atoms with Crippen LogP contribution in [0, 0.1) is 12.7 Å². The molecule has 1 heterocycles. The number of amides is 1. The number of hydrogen-bond acceptors (Lipinski definition) is 2. The maximum atomic E-state index is 13.6. The van der Waals surface area contributed by atoms with Gasteiger partial charge in [0.2, 0.25) is 0 Å². The van der Waals surface area contributed by atoms with Crippen molar-refractivity contribution in [1.29, 1.82) is 0 Å². The summed E-state index contributed by atoms with van der Waals surface area (Å²) in [6.07, 6.45) is 1.56. The Kier molecular flexibility index (Phi) is 3.72. The van der Waals surface area contributed by atoms with Gasteiger partial charge in [-0.05, 0) is 52.7 Å². The summed E-state index contributed by atoms with van der Waals surface area (Å²) in [5.74, 6) is -0.671. The second-order valence-electron chi connectivity index (χ2n) is 3.80. The lowest BCUT2D eigenvalue weighted by molar-refractivity contribution is 0.102. The van der Waals surface area contributed by atoms with Crippen molar-refractivity contribution in [2.45, 2.75) is 6.92 Å². The van der Waals surface area contributed by atoms with Gasteiger partial charge in [0.15, 0.2) is 0 Å². The van der Waals surface area contributed by atoms with Crippen molar-refractivity contribution in [3.8, 4) is 0 Å². The topological polar surface area (TPSA) is 42.0 Å². The first-order valence-electron chi connectivity index (χ1n) is 5.25. The average Bonchev–Trinajstić information content (AvgIpc) is 2.32. The van der Waals surface area contributed by atoms with E-state index in [0.29, 0.717) is 5.82 Å². The molecule has 5 heteroatoms. The molecular formula is C13H10BrFN2O. The van der Waals surface area contributed by atoms with E-state index in [2.05, 4.69) is 26.2 Å². The summed E-state index contributed by atoms with van der Waals surface area (Å²) in [6, 6.07) is 7.85. The quantitative estimate of drug-likeness (QED) is 0.922. The van der Waals surface area contributed by atoms with Crippen LogP contribution in [0.25, 0.3) is 0 Å². The Morgan fingerprint density at radius 2 is 2.11 bits per heavy atom. The van der Waals surface area contributed by atoms with Crippen molar-refractivity contribution >= 4 is 27.7 Å². The van der Waals surface area contributed by atoms with Crippen molar-refractivity contribution in [2.75, 3.05) is 5.32 Å². The molecule has 2 rings (SSSR count). The molecule has 0 bridgehead atoms. The molecule has 0 spiro atoms. The van der Waals surface area contributed by atoms with Crippen molar-refractivity contribution in [3.63, 3.8) is 0 Å². The predicted octanol–water partition coefficient (Wildman–Crippen LogP) is 3.54. The predicted molar refractivity (Wildman–Crippen MR) is 71.0 cm³/mol. The molecule has 0 aliphatic heterocycles. The highest BCUT2D eigenvalue weighted by atomic mass is 79.9. The minimum Gasteiger partial charge on any atom is -0.306 e. The zero-order valence-electron chi connectivity index (χ0n) is 9.58. The minimum atomic E-state index is -0.537. The Morgan fingerprint density at radius 3 is 2.72 bits per heavy atom.